The quantitative estimate of drug-likeness (QED) is 0.791. The molecule has 0 aliphatic carbocycles. The van der Waals surface area contributed by atoms with Gasteiger partial charge in [-0.2, -0.15) is 0 Å². The van der Waals surface area contributed by atoms with Crippen molar-refractivity contribution in [2.45, 2.75) is 43.6 Å². The van der Waals surface area contributed by atoms with Crippen molar-refractivity contribution >= 4 is 6.29 Å². The molecule has 2 aliphatic heterocycles. The van der Waals surface area contributed by atoms with Gasteiger partial charge in [-0.25, -0.2) is 8.78 Å². The first-order valence-corrected chi connectivity index (χ1v) is 8.43. The molecule has 24 heavy (non-hydrogen) atoms. The third kappa shape index (κ3) is 3.50. The van der Waals surface area contributed by atoms with Gasteiger partial charge in [-0.3, -0.25) is 4.90 Å². The average molecular weight is 338 g/mol. The Bertz CT molecular complexity index is 582. The SMILES string of the molecule is CN1CCC(C=O)(OC2CCC(c3cc(F)cc(F)c3)N2C)CC1. The number of carbonyl (C=O) groups is 1. The second-order valence-electron chi connectivity index (χ2n) is 7.02. The van der Waals surface area contributed by atoms with E-state index in [-0.39, 0.29) is 12.3 Å². The van der Waals surface area contributed by atoms with Crippen molar-refractivity contribution in [1.82, 2.24) is 9.80 Å². The minimum atomic E-state index is -0.743. The van der Waals surface area contributed by atoms with Crippen molar-refractivity contribution in [3.8, 4) is 0 Å². The summed E-state index contributed by atoms with van der Waals surface area (Å²) in [6.07, 6.45) is 3.56. The molecule has 0 amide bonds. The van der Waals surface area contributed by atoms with Gasteiger partial charge < -0.3 is 14.4 Å². The van der Waals surface area contributed by atoms with Crippen LogP contribution in [0.1, 0.15) is 37.3 Å². The fourth-order valence-electron chi connectivity index (χ4n) is 3.75. The number of hydrogen-bond acceptors (Lipinski definition) is 4. The van der Waals surface area contributed by atoms with Crippen LogP contribution in [0.2, 0.25) is 0 Å². The lowest BCUT2D eigenvalue weighted by molar-refractivity contribution is -0.167. The van der Waals surface area contributed by atoms with E-state index < -0.39 is 17.2 Å². The third-order valence-corrected chi connectivity index (χ3v) is 5.32. The van der Waals surface area contributed by atoms with E-state index >= 15 is 0 Å². The maximum atomic E-state index is 13.5. The van der Waals surface area contributed by atoms with Crippen LogP contribution in [-0.4, -0.2) is 55.1 Å². The van der Waals surface area contributed by atoms with Crippen LogP contribution >= 0.6 is 0 Å². The van der Waals surface area contributed by atoms with Crippen LogP contribution in [0.15, 0.2) is 18.2 Å². The highest BCUT2D eigenvalue weighted by atomic mass is 19.1. The summed E-state index contributed by atoms with van der Waals surface area (Å²) in [6, 6.07) is 3.53. The van der Waals surface area contributed by atoms with Crippen molar-refractivity contribution in [1.29, 1.82) is 0 Å². The number of halogens is 2. The molecule has 2 fully saturated rings. The van der Waals surface area contributed by atoms with Gasteiger partial charge in [-0.05, 0) is 57.5 Å². The van der Waals surface area contributed by atoms with Crippen LogP contribution in [-0.2, 0) is 9.53 Å². The number of rotatable bonds is 4. The van der Waals surface area contributed by atoms with Crippen molar-refractivity contribution < 1.29 is 18.3 Å². The Morgan fingerprint density at radius 3 is 2.33 bits per heavy atom. The Balaban J connectivity index is 1.71. The Morgan fingerprint density at radius 1 is 1.12 bits per heavy atom. The fraction of sp³-hybridized carbons (Fsp3) is 0.611. The molecule has 4 nitrogen and oxygen atoms in total. The molecule has 0 N–H and O–H groups in total. The smallest absolute Gasteiger partial charge is 0.152 e. The van der Waals surface area contributed by atoms with Crippen molar-refractivity contribution in [3.63, 3.8) is 0 Å². The third-order valence-electron chi connectivity index (χ3n) is 5.32. The molecule has 2 aliphatic rings. The van der Waals surface area contributed by atoms with E-state index in [0.29, 0.717) is 18.4 Å². The maximum Gasteiger partial charge on any atom is 0.152 e. The van der Waals surface area contributed by atoms with Crippen LogP contribution < -0.4 is 0 Å². The summed E-state index contributed by atoms with van der Waals surface area (Å²) in [7, 11) is 3.92. The van der Waals surface area contributed by atoms with Gasteiger partial charge in [0.05, 0.1) is 0 Å². The summed E-state index contributed by atoms with van der Waals surface area (Å²) in [5, 5.41) is 0. The molecule has 2 heterocycles. The van der Waals surface area contributed by atoms with E-state index in [0.717, 1.165) is 38.3 Å². The predicted octanol–water partition coefficient (Wildman–Crippen LogP) is 2.74. The minimum absolute atomic E-state index is 0.102. The van der Waals surface area contributed by atoms with Gasteiger partial charge in [0.25, 0.3) is 0 Å². The molecule has 0 spiro atoms. The first kappa shape index (κ1) is 17.5. The van der Waals surface area contributed by atoms with E-state index in [4.69, 9.17) is 4.74 Å². The van der Waals surface area contributed by atoms with Crippen LogP contribution in [0, 0.1) is 11.6 Å². The second kappa shape index (κ2) is 6.86. The number of carbonyl (C=O) groups excluding carboxylic acids is 1. The highest BCUT2D eigenvalue weighted by Gasteiger charge is 2.41. The summed E-state index contributed by atoms with van der Waals surface area (Å²) in [5.41, 5.74) is -0.127. The molecule has 132 valence electrons. The summed E-state index contributed by atoms with van der Waals surface area (Å²) < 4.78 is 33.2. The van der Waals surface area contributed by atoms with Crippen LogP contribution in [0.3, 0.4) is 0 Å². The van der Waals surface area contributed by atoms with Crippen LogP contribution in [0.4, 0.5) is 8.78 Å². The molecule has 1 aromatic carbocycles. The average Bonchev–Trinajstić information content (AvgIpc) is 2.90. The molecular weight excluding hydrogens is 314 g/mol. The van der Waals surface area contributed by atoms with Gasteiger partial charge in [0, 0.05) is 25.2 Å². The van der Waals surface area contributed by atoms with E-state index in [1.165, 1.54) is 12.1 Å². The molecule has 0 radical (unpaired) electrons. The zero-order valence-corrected chi connectivity index (χ0v) is 14.2. The van der Waals surface area contributed by atoms with Crippen molar-refractivity contribution in [2.24, 2.45) is 0 Å². The number of benzene rings is 1. The van der Waals surface area contributed by atoms with Gasteiger partial charge in [0.2, 0.25) is 0 Å². The van der Waals surface area contributed by atoms with Crippen molar-refractivity contribution in [2.75, 3.05) is 27.2 Å². The highest BCUT2D eigenvalue weighted by molar-refractivity contribution is 5.62. The lowest BCUT2D eigenvalue weighted by Gasteiger charge is -2.40. The molecule has 2 saturated heterocycles. The monoisotopic (exact) mass is 338 g/mol. The van der Waals surface area contributed by atoms with E-state index in [2.05, 4.69) is 4.90 Å². The summed E-state index contributed by atoms with van der Waals surface area (Å²) in [4.78, 5) is 15.8. The number of likely N-dealkylation sites (tertiary alicyclic amines) is 2. The maximum absolute atomic E-state index is 13.5. The zero-order chi connectivity index (χ0) is 17.3. The number of piperidine rings is 1. The molecule has 1 aromatic rings. The van der Waals surface area contributed by atoms with E-state index in [1.807, 2.05) is 19.0 Å². The van der Waals surface area contributed by atoms with Gasteiger partial charge in [-0.15, -0.1) is 0 Å². The predicted molar refractivity (Wildman–Crippen MR) is 86.5 cm³/mol. The molecule has 3 rings (SSSR count). The Labute approximate surface area is 141 Å². The Morgan fingerprint density at radius 2 is 1.75 bits per heavy atom. The summed E-state index contributed by atoms with van der Waals surface area (Å²) in [6.45, 7) is 1.65. The van der Waals surface area contributed by atoms with Gasteiger partial charge in [-0.1, -0.05) is 0 Å². The highest BCUT2D eigenvalue weighted by Crippen LogP contribution is 2.38. The zero-order valence-electron chi connectivity index (χ0n) is 14.2. The van der Waals surface area contributed by atoms with Crippen molar-refractivity contribution in [3.05, 3.63) is 35.4 Å². The normalized spacial score (nSPS) is 28.2. The first-order chi connectivity index (χ1) is 11.4. The molecular formula is C18H24F2N2O2. The molecule has 2 unspecified atom stereocenters. The number of hydrogen-bond donors (Lipinski definition) is 0. The molecule has 0 bridgehead atoms. The van der Waals surface area contributed by atoms with Crippen LogP contribution in [0.25, 0.3) is 0 Å². The summed E-state index contributed by atoms with van der Waals surface area (Å²) >= 11 is 0. The first-order valence-electron chi connectivity index (χ1n) is 8.43. The Hall–Kier alpha value is -1.37. The lowest BCUT2D eigenvalue weighted by Crippen LogP contribution is -2.49. The standard InChI is InChI=1S/C18H24F2N2O2/c1-21-7-5-18(12-23,6-8-21)24-17-4-3-16(22(17)2)13-9-14(19)11-15(20)10-13/h9-12,16-17H,3-8H2,1-2H3. The molecule has 0 aromatic heterocycles. The van der Waals surface area contributed by atoms with E-state index in [9.17, 15) is 13.6 Å². The van der Waals surface area contributed by atoms with Crippen LogP contribution in [0.5, 0.6) is 0 Å². The summed E-state index contributed by atoms with van der Waals surface area (Å²) in [5.74, 6) is -1.13. The van der Waals surface area contributed by atoms with Gasteiger partial charge in [0.1, 0.15) is 23.5 Å². The number of ether oxygens (including phenoxy) is 1. The second-order valence-corrected chi connectivity index (χ2v) is 7.02. The number of aldehydes is 1. The number of nitrogens with zero attached hydrogens (tertiary/aromatic N) is 2. The van der Waals surface area contributed by atoms with Gasteiger partial charge in [0.15, 0.2) is 6.29 Å². The fourth-order valence-corrected chi connectivity index (χ4v) is 3.75. The van der Waals surface area contributed by atoms with E-state index in [1.54, 1.807) is 0 Å². The molecule has 6 heteroatoms. The molecule has 0 saturated carbocycles. The lowest BCUT2D eigenvalue weighted by atomic mass is 9.93. The minimum Gasteiger partial charge on any atom is -0.349 e. The molecule has 2 atom stereocenters. The largest absolute Gasteiger partial charge is 0.349 e. The topological polar surface area (TPSA) is 32.8 Å². The van der Waals surface area contributed by atoms with Gasteiger partial charge >= 0.3 is 0 Å². The Kier molecular flexibility index (Phi) is 4.99.